The first-order valence-electron chi connectivity index (χ1n) is 6.17. The second-order valence-corrected chi connectivity index (χ2v) is 4.67. The van der Waals surface area contributed by atoms with Crippen molar-refractivity contribution in [2.24, 2.45) is 12.8 Å². The molecule has 2 aromatic rings. The van der Waals surface area contributed by atoms with Crippen LogP contribution in [0.4, 0.5) is 13.2 Å². The van der Waals surface area contributed by atoms with Gasteiger partial charge in [-0.15, -0.1) is 0 Å². The number of aryl methyl sites for hydroxylation is 1. The summed E-state index contributed by atoms with van der Waals surface area (Å²) in [6.45, 7) is -1.42. The first-order valence-corrected chi connectivity index (χ1v) is 6.17. The molecule has 0 aliphatic rings. The molecule has 1 aromatic heterocycles. The van der Waals surface area contributed by atoms with E-state index in [2.05, 4.69) is 9.72 Å². The Morgan fingerprint density at radius 1 is 1.35 bits per heavy atom. The molecule has 0 aliphatic heterocycles. The quantitative estimate of drug-likeness (QED) is 0.915. The lowest BCUT2D eigenvalue weighted by atomic mass is 10.2. The van der Waals surface area contributed by atoms with Crippen molar-refractivity contribution in [3.8, 4) is 0 Å². The topological polar surface area (TPSA) is 53.1 Å². The summed E-state index contributed by atoms with van der Waals surface area (Å²) in [4.78, 5) is 4.41. The average molecular weight is 287 g/mol. The van der Waals surface area contributed by atoms with Crippen molar-refractivity contribution in [2.45, 2.75) is 18.6 Å². The van der Waals surface area contributed by atoms with Crippen molar-refractivity contribution < 1.29 is 17.9 Å². The molecule has 0 radical (unpaired) electrons. The minimum atomic E-state index is -4.32. The monoisotopic (exact) mass is 287 g/mol. The van der Waals surface area contributed by atoms with Crippen molar-refractivity contribution in [2.75, 3.05) is 13.2 Å². The lowest BCUT2D eigenvalue weighted by Gasteiger charge is -2.13. The van der Waals surface area contributed by atoms with Crippen molar-refractivity contribution in [3.05, 3.63) is 30.1 Å². The normalized spacial score (nSPS) is 13.8. The molecule has 1 aromatic carbocycles. The smallest absolute Gasteiger partial charge is 0.370 e. The van der Waals surface area contributed by atoms with Crippen LogP contribution in [0.3, 0.4) is 0 Å². The van der Waals surface area contributed by atoms with E-state index < -0.39 is 18.8 Å². The van der Waals surface area contributed by atoms with E-state index in [9.17, 15) is 13.2 Å². The third kappa shape index (κ3) is 3.71. The van der Waals surface area contributed by atoms with Crippen molar-refractivity contribution in [1.82, 2.24) is 9.55 Å². The molecule has 1 heterocycles. The van der Waals surface area contributed by atoms with Crippen LogP contribution >= 0.6 is 0 Å². The van der Waals surface area contributed by atoms with Gasteiger partial charge in [-0.05, 0) is 12.1 Å². The fraction of sp³-hybridized carbons (Fsp3) is 0.462. The highest BCUT2D eigenvalue weighted by Gasteiger charge is 2.27. The van der Waals surface area contributed by atoms with Gasteiger partial charge in [0.1, 0.15) is 12.4 Å². The molecule has 0 amide bonds. The number of fused-ring (bicyclic) bond motifs is 1. The molecule has 20 heavy (non-hydrogen) atoms. The van der Waals surface area contributed by atoms with Crippen molar-refractivity contribution in [1.29, 1.82) is 0 Å². The van der Waals surface area contributed by atoms with Crippen LogP contribution < -0.4 is 5.73 Å². The standard InChI is InChI=1S/C13H16F3N3O/c1-19-11-5-3-2-4-10(11)18-12(19)6-9(17)7-20-8-13(14,15)16/h2-5,9H,6-8,17H2,1H3. The van der Waals surface area contributed by atoms with Gasteiger partial charge < -0.3 is 15.0 Å². The van der Waals surface area contributed by atoms with Crippen molar-refractivity contribution >= 4 is 11.0 Å². The number of imidazole rings is 1. The maximum atomic E-state index is 12.0. The van der Waals surface area contributed by atoms with Crippen LogP contribution in [0.25, 0.3) is 11.0 Å². The lowest BCUT2D eigenvalue weighted by molar-refractivity contribution is -0.174. The number of nitrogens with two attached hydrogens (primary N) is 1. The van der Waals surface area contributed by atoms with Gasteiger partial charge in [-0.3, -0.25) is 0 Å². The summed E-state index contributed by atoms with van der Waals surface area (Å²) >= 11 is 0. The first kappa shape index (κ1) is 14.8. The fourth-order valence-electron chi connectivity index (χ4n) is 2.00. The number of halogens is 3. The zero-order valence-corrected chi connectivity index (χ0v) is 11.0. The second-order valence-electron chi connectivity index (χ2n) is 4.67. The predicted octanol–water partition coefficient (Wildman–Crippen LogP) is 2.02. The highest BCUT2D eigenvalue weighted by Crippen LogP contribution is 2.16. The van der Waals surface area contributed by atoms with Crippen LogP contribution in [0.5, 0.6) is 0 Å². The Morgan fingerprint density at radius 3 is 2.70 bits per heavy atom. The minimum Gasteiger partial charge on any atom is -0.370 e. The Hall–Kier alpha value is -1.60. The van der Waals surface area contributed by atoms with E-state index in [-0.39, 0.29) is 6.61 Å². The Kier molecular flexibility index (Phi) is 4.29. The van der Waals surface area contributed by atoms with Gasteiger partial charge in [-0.25, -0.2) is 4.98 Å². The van der Waals surface area contributed by atoms with Crippen molar-refractivity contribution in [3.63, 3.8) is 0 Å². The molecule has 2 rings (SSSR count). The van der Waals surface area contributed by atoms with E-state index in [1.54, 1.807) is 0 Å². The maximum Gasteiger partial charge on any atom is 0.411 e. The molecule has 4 nitrogen and oxygen atoms in total. The first-order chi connectivity index (χ1) is 9.37. The van der Waals surface area contributed by atoms with Gasteiger partial charge in [0.15, 0.2) is 0 Å². The van der Waals surface area contributed by atoms with Crippen LogP contribution in [0.15, 0.2) is 24.3 Å². The Labute approximate surface area is 114 Å². The molecular weight excluding hydrogens is 271 g/mol. The highest BCUT2D eigenvalue weighted by atomic mass is 19.4. The zero-order valence-electron chi connectivity index (χ0n) is 11.0. The summed E-state index contributed by atoms with van der Waals surface area (Å²) in [7, 11) is 1.86. The molecule has 0 saturated heterocycles. The summed E-state index contributed by atoms with van der Waals surface area (Å²) in [5.41, 5.74) is 7.59. The van der Waals surface area contributed by atoms with Crippen LogP contribution in [-0.2, 0) is 18.2 Å². The van der Waals surface area contributed by atoms with E-state index in [0.29, 0.717) is 6.42 Å². The maximum absolute atomic E-state index is 12.0. The van der Waals surface area contributed by atoms with E-state index in [4.69, 9.17) is 5.73 Å². The minimum absolute atomic E-state index is 0.150. The largest absolute Gasteiger partial charge is 0.411 e. The molecule has 0 spiro atoms. The molecule has 110 valence electrons. The molecule has 1 unspecified atom stereocenters. The van der Waals surface area contributed by atoms with Gasteiger partial charge in [0.05, 0.1) is 17.6 Å². The number of alkyl halides is 3. The number of aromatic nitrogens is 2. The van der Waals surface area contributed by atoms with Gasteiger partial charge in [-0.1, -0.05) is 12.1 Å². The van der Waals surface area contributed by atoms with Gasteiger partial charge in [0.25, 0.3) is 0 Å². The van der Waals surface area contributed by atoms with Gasteiger partial charge in [0, 0.05) is 19.5 Å². The van der Waals surface area contributed by atoms with E-state index >= 15 is 0 Å². The number of hydrogen-bond acceptors (Lipinski definition) is 3. The molecule has 0 fully saturated rings. The number of para-hydroxylation sites is 2. The molecule has 1 atom stereocenters. The molecule has 0 saturated carbocycles. The predicted molar refractivity (Wildman–Crippen MR) is 69.3 cm³/mol. The number of benzene rings is 1. The van der Waals surface area contributed by atoms with Gasteiger partial charge in [0.2, 0.25) is 0 Å². The second kappa shape index (κ2) is 5.80. The summed E-state index contributed by atoms with van der Waals surface area (Å²) < 4.78 is 42.3. The SMILES string of the molecule is Cn1c(CC(N)COCC(F)(F)F)nc2ccccc21. The zero-order chi connectivity index (χ0) is 14.8. The summed E-state index contributed by atoms with van der Waals surface area (Å²) in [6.07, 6.45) is -3.96. The summed E-state index contributed by atoms with van der Waals surface area (Å²) in [5, 5.41) is 0. The molecule has 2 N–H and O–H groups in total. The molecule has 0 bridgehead atoms. The molecule has 0 aliphatic carbocycles. The number of rotatable bonds is 5. The number of nitrogens with zero attached hydrogens (tertiary/aromatic N) is 2. The highest BCUT2D eigenvalue weighted by molar-refractivity contribution is 5.75. The van der Waals surface area contributed by atoms with E-state index in [1.807, 2.05) is 35.9 Å². The van der Waals surface area contributed by atoms with Crippen LogP contribution in [-0.4, -0.2) is 35.0 Å². The molecule has 7 heteroatoms. The Balaban J connectivity index is 1.96. The van der Waals surface area contributed by atoms with E-state index in [0.717, 1.165) is 16.9 Å². The Morgan fingerprint density at radius 2 is 2.05 bits per heavy atom. The Bertz CT molecular complexity index is 580. The van der Waals surface area contributed by atoms with Gasteiger partial charge >= 0.3 is 6.18 Å². The molecular formula is C13H16F3N3O. The van der Waals surface area contributed by atoms with Crippen LogP contribution in [0.1, 0.15) is 5.82 Å². The van der Waals surface area contributed by atoms with Gasteiger partial charge in [-0.2, -0.15) is 13.2 Å². The third-order valence-corrected chi connectivity index (χ3v) is 2.92. The number of ether oxygens (including phenoxy) is 1. The fourth-order valence-corrected chi connectivity index (χ4v) is 2.00. The van der Waals surface area contributed by atoms with E-state index in [1.165, 1.54) is 0 Å². The average Bonchev–Trinajstić information content (AvgIpc) is 2.65. The summed E-state index contributed by atoms with van der Waals surface area (Å²) in [5.74, 6) is 0.731. The summed E-state index contributed by atoms with van der Waals surface area (Å²) in [6, 6.07) is 7.07. The van der Waals surface area contributed by atoms with Crippen LogP contribution in [0, 0.1) is 0 Å². The lowest BCUT2D eigenvalue weighted by Crippen LogP contribution is -2.31. The third-order valence-electron chi connectivity index (χ3n) is 2.92. The number of hydrogen-bond donors (Lipinski definition) is 1. The van der Waals surface area contributed by atoms with Crippen LogP contribution in [0.2, 0.25) is 0 Å².